The van der Waals surface area contributed by atoms with Gasteiger partial charge in [0.1, 0.15) is 6.07 Å². The third kappa shape index (κ3) is 5.36. The third-order valence-corrected chi connectivity index (χ3v) is 6.05. The van der Waals surface area contributed by atoms with Crippen LogP contribution in [-0.2, 0) is 11.2 Å². The number of rotatable bonds is 7. The number of hydrogen-bond acceptors (Lipinski definition) is 6. The smallest absolute Gasteiger partial charge is 0.260 e. The van der Waals surface area contributed by atoms with Crippen LogP contribution in [0.1, 0.15) is 18.1 Å². The molecule has 1 saturated heterocycles. The van der Waals surface area contributed by atoms with Gasteiger partial charge in [-0.3, -0.25) is 4.79 Å². The van der Waals surface area contributed by atoms with Crippen LogP contribution in [-0.4, -0.2) is 25.1 Å². The molecular weight excluding hydrogens is 501 g/mol. The monoisotopic (exact) mass is 521 g/mol. The number of aryl methyl sites for hydroxylation is 1. The molecule has 0 aliphatic carbocycles. The Hall–Kier alpha value is -2.38. The first-order valence-corrected chi connectivity index (χ1v) is 10.9. The predicted molar refractivity (Wildman–Crippen MR) is 124 cm³/mol. The van der Waals surface area contributed by atoms with Crippen LogP contribution in [0, 0.1) is 14.9 Å². The zero-order chi connectivity index (χ0) is 20.8. The Morgan fingerprint density at radius 2 is 2.10 bits per heavy atom. The average Bonchev–Trinajstić information content (AvgIpc) is 3.06. The first-order valence-electron chi connectivity index (χ1n) is 8.96. The van der Waals surface area contributed by atoms with Gasteiger partial charge in [0.05, 0.1) is 15.6 Å². The Kier molecular flexibility index (Phi) is 7.28. The number of nitrogens with zero attached hydrogens (tertiary/aromatic N) is 1. The molecule has 0 saturated carbocycles. The number of nitriles is 1. The second-order valence-electron chi connectivity index (χ2n) is 6.16. The summed E-state index contributed by atoms with van der Waals surface area (Å²) < 4.78 is 11.6. The number of anilines is 1. The Morgan fingerprint density at radius 1 is 1.34 bits per heavy atom. The van der Waals surface area contributed by atoms with Crippen LogP contribution in [0.3, 0.4) is 0 Å². The van der Waals surface area contributed by atoms with Crippen molar-refractivity contribution in [3.63, 3.8) is 0 Å². The van der Waals surface area contributed by atoms with Crippen molar-refractivity contribution < 1.29 is 14.3 Å². The van der Waals surface area contributed by atoms with Crippen LogP contribution < -0.4 is 20.1 Å². The van der Waals surface area contributed by atoms with E-state index in [1.54, 1.807) is 13.2 Å². The molecule has 0 bridgehead atoms. The summed E-state index contributed by atoms with van der Waals surface area (Å²) in [7, 11) is 1.54. The molecule has 2 N–H and O–H groups in total. The van der Waals surface area contributed by atoms with Crippen LogP contribution in [0.5, 0.6) is 11.5 Å². The van der Waals surface area contributed by atoms with E-state index in [9.17, 15) is 4.79 Å². The summed E-state index contributed by atoms with van der Waals surface area (Å²) in [5.41, 5.74) is 2.81. The summed E-state index contributed by atoms with van der Waals surface area (Å²) in [4.78, 5) is 13.0. The first kappa shape index (κ1) is 21.3. The van der Waals surface area contributed by atoms with Crippen molar-refractivity contribution in [2.75, 3.05) is 19.0 Å². The molecule has 1 fully saturated rings. The van der Waals surface area contributed by atoms with Crippen LogP contribution in [0.15, 0.2) is 41.3 Å². The number of ether oxygens (including phenoxy) is 2. The molecule has 0 aromatic heterocycles. The SMILES string of the molecule is CCc1ccc(N[C@H]2NC(=O)/C(=C/c3cc(I)c(OCC#N)c(OC)c3)S2)cc1. The number of benzene rings is 2. The van der Waals surface area contributed by atoms with Crippen molar-refractivity contribution in [3.8, 4) is 17.6 Å². The lowest BCUT2D eigenvalue weighted by atomic mass is 10.1. The number of carbonyl (C=O) groups is 1. The largest absolute Gasteiger partial charge is 0.493 e. The molecule has 1 heterocycles. The minimum atomic E-state index is -0.236. The van der Waals surface area contributed by atoms with Crippen molar-refractivity contribution in [3.05, 3.63) is 56.0 Å². The summed E-state index contributed by atoms with van der Waals surface area (Å²) >= 11 is 3.56. The van der Waals surface area contributed by atoms with Gasteiger partial charge in [0.2, 0.25) is 0 Å². The number of methoxy groups -OCH3 is 1. The van der Waals surface area contributed by atoms with E-state index in [4.69, 9.17) is 14.7 Å². The van der Waals surface area contributed by atoms with Crippen molar-refractivity contribution in [1.82, 2.24) is 5.32 Å². The molecule has 1 aliphatic rings. The van der Waals surface area contributed by atoms with Gasteiger partial charge in [-0.05, 0) is 70.5 Å². The van der Waals surface area contributed by atoms with Crippen LogP contribution >= 0.6 is 34.4 Å². The molecule has 8 heteroatoms. The molecule has 1 aliphatic heterocycles. The van der Waals surface area contributed by atoms with Gasteiger partial charge in [-0.25, -0.2) is 0 Å². The van der Waals surface area contributed by atoms with Gasteiger partial charge in [-0.2, -0.15) is 5.26 Å². The second kappa shape index (κ2) is 9.89. The summed E-state index contributed by atoms with van der Waals surface area (Å²) in [6, 6.07) is 13.8. The van der Waals surface area contributed by atoms with Gasteiger partial charge >= 0.3 is 0 Å². The highest BCUT2D eigenvalue weighted by molar-refractivity contribution is 14.1. The van der Waals surface area contributed by atoms with E-state index < -0.39 is 0 Å². The minimum absolute atomic E-state index is 0.0579. The summed E-state index contributed by atoms with van der Waals surface area (Å²) in [6.07, 6.45) is 2.81. The third-order valence-electron chi connectivity index (χ3n) is 4.22. The van der Waals surface area contributed by atoms with Crippen LogP contribution in [0.2, 0.25) is 0 Å². The Balaban J connectivity index is 1.75. The predicted octanol–water partition coefficient (Wildman–Crippen LogP) is 4.36. The zero-order valence-electron chi connectivity index (χ0n) is 16.0. The molecular formula is C21H20IN3O3S. The second-order valence-corrected chi connectivity index (χ2v) is 8.46. The first-order chi connectivity index (χ1) is 14.0. The fourth-order valence-corrected chi connectivity index (χ4v) is 4.54. The lowest BCUT2D eigenvalue weighted by Crippen LogP contribution is -2.30. The molecule has 150 valence electrons. The molecule has 0 radical (unpaired) electrons. The molecule has 1 atom stereocenters. The fourth-order valence-electron chi connectivity index (χ4n) is 2.77. The maximum absolute atomic E-state index is 12.4. The van der Waals surface area contributed by atoms with Crippen molar-refractivity contribution in [2.45, 2.75) is 18.8 Å². The standard InChI is InChI=1S/C21H20IN3O3S/c1-3-13-4-6-15(7-5-13)24-21-25-20(26)18(29-21)12-14-10-16(22)19(28-9-8-23)17(11-14)27-2/h4-7,10-12,21,24H,3,9H2,1-2H3,(H,25,26)/b18-12-/t21-/m0/s1. The Morgan fingerprint density at radius 3 is 2.76 bits per heavy atom. The highest BCUT2D eigenvalue weighted by atomic mass is 127. The summed E-state index contributed by atoms with van der Waals surface area (Å²) in [6.45, 7) is 2.06. The Bertz CT molecular complexity index is 970. The van der Waals surface area contributed by atoms with Gasteiger partial charge in [0.25, 0.3) is 5.91 Å². The van der Waals surface area contributed by atoms with Gasteiger partial charge in [0, 0.05) is 5.69 Å². The van der Waals surface area contributed by atoms with E-state index in [2.05, 4.69) is 52.3 Å². The van der Waals surface area contributed by atoms with E-state index in [0.29, 0.717) is 16.4 Å². The van der Waals surface area contributed by atoms with E-state index in [1.165, 1.54) is 17.3 Å². The lowest BCUT2D eigenvalue weighted by molar-refractivity contribution is -0.116. The molecule has 6 nitrogen and oxygen atoms in total. The summed E-state index contributed by atoms with van der Waals surface area (Å²) in [5, 5.41) is 15.0. The quantitative estimate of drug-likeness (QED) is 0.416. The van der Waals surface area contributed by atoms with E-state index in [-0.39, 0.29) is 18.0 Å². The lowest BCUT2D eigenvalue weighted by Gasteiger charge is -2.13. The number of hydrogen-bond donors (Lipinski definition) is 2. The fraction of sp³-hybridized carbons (Fsp3) is 0.238. The molecule has 0 spiro atoms. The maximum atomic E-state index is 12.4. The van der Waals surface area contributed by atoms with E-state index >= 15 is 0 Å². The molecule has 1 amide bonds. The van der Waals surface area contributed by atoms with Gasteiger partial charge < -0.3 is 20.1 Å². The minimum Gasteiger partial charge on any atom is -0.493 e. The van der Waals surface area contributed by atoms with Crippen LogP contribution in [0.4, 0.5) is 5.69 Å². The number of thioether (sulfide) groups is 1. The number of halogens is 1. The maximum Gasteiger partial charge on any atom is 0.260 e. The summed E-state index contributed by atoms with van der Waals surface area (Å²) in [5.74, 6) is 0.917. The molecule has 29 heavy (non-hydrogen) atoms. The zero-order valence-corrected chi connectivity index (χ0v) is 19.0. The van der Waals surface area contributed by atoms with Gasteiger partial charge in [0.15, 0.2) is 23.6 Å². The van der Waals surface area contributed by atoms with E-state index in [1.807, 2.05) is 30.3 Å². The van der Waals surface area contributed by atoms with Gasteiger partial charge in [-0.1, -0.05) is 30.8 Å². The molecule has 2 aromatic rings. The average molecular weight is 521 g/mol. The molecule has 3 rings (SSSR count). The van der Waals surface area contributed by atoms with Crippen molar-refractivity contribution >= 4 is 52.0 Å². The normalized spacial score (nSPS) is 17.0. The number of carbonyl (C=O) groups excluding carboxylic acids is 1. The van der Waals surface area contributed by atoms with Gasteiger partial charge in [-0.15, -0.1) is 0 Å². The highest BCUT2D eigenvalue weighted by Crippen LogP contribution is 2.36. The van der Waals surface area contributed by atoms with E-state index in [0.717, 1.165) is 21.2 Å². The number of amides is 1. The highest BCUT2D eigenvalue weighted by Gasteiger charge is 2.27. The topological polar surface area (TPSA) is 83.4 Å². The number of nitrogens with one attached hydrogen (secondary N) is 2. The van der Waals surface area contributed by atoms with Crippen molar-refractivity contribution in [1.29, 1.82) is 5.26 Å². The Labute approximate surface area is 187 Å². The molecule has 2 aromatic carbocycles. The van der Waals surface area contributed by atoms with Crippen molar-refractivity contribution in [2.24, 2.45) is 0 Å². The van der Waals surface area contributed by atoms with Crippen LogP contribution in [0.25, 0.3) is 6.08 Å². The molecule has 0 unspecified atom stereocenters.